The third-order valence-corrected chi connectivity index (χ3v) is 5.10. The number of hydrogen-bond donors (Lipinski definition) is 1. The second-order valence-corrected chi connectivity index (χ2v) is 6.71. The van der Waals surface area contributed by atoms with Gasteiger partial charge in [-0.15, -0.1) is 0 Å². The fourth-order valence-corrected chi connectivity index (χ4v) is 3.78. The molecule has 0 aromatic heterocycles. The molecule has 128 valence electrons. The molecule has 3 heteroatoms. The third kappa shape index (κ3) is 4.09. The molecule has 1 N–H and O–H groups in total. The van der Waals surface area contributed by atoms with Gasteiger partial charge in [-0.25, -0.2) is 0 Å². The Hall–Kier alpha value is -2.00. The number of rotatable bonds is 6. The van der Waals surface area contributed by atoms with Crippen molar-refractivity contribution in [2.45, 2.75) is 25.8 Å². The first-order chi connectivity index (χ1) is 11.8. The minimum absolute atomic E-state index is 0.823. The summed E-state index contributed by atoms with van der Waals surface area (Å²) in [6.45, 7) is 3.48. The van der Waals surface area contributed by atoms with Crippen molar-refractivity contribution in [3.63, 3.8) is 0 Å². The van der Waals surface area contributed by atoms with E-state index < -0.39 is 0 Å². The predicted molar refractivity (Wildman–Crippen MR) is 96.8 cm³/mol. The summed E-state index contributed by atoms with van der Waals surface area (Å²) < 4.78 is 11.0. The number of piperidine rings is 1. The molecular weight excluding hydrogens is 298 g/mol. The van der Waals surface area contributed by atoms with Crippen LogP contribution >= 0.6 is 0 Å². The number of likely N-dealkylation sites (tertiary alicyclic amines) is 1. The van der Waals surface area contributed by atoms with Crippen molar-refractivity contribution in [1.82, 2.24) is 0 Å². The number of methoxy groups -OCH3 is 2. The molecule has 2 aromatic carbocycles. The average molecular weight is 326 g/mol. The van der Waals surface area contributed by atoms with Gasteiger partial charge >= 0.3 is 0 Å². The smallest absolute Gasteiger partial charge is 0.169 e. The van der Waals surface area contributed by atoms with Crippen LogP contribution in [0.4, 0.5) is 0 Å². The van der Waals surface area contributed by atoms with Crippen molar-refractivity contribution in [3.05, 3.63) is 59.7 Å². The van der Waals surface area contributed by atoms with Crippen molar-refractivity contribution < 1.29 is 14.4 Å². The molecule has 3 rings (SSSR count). The van der Waals surface area contributed by atoms with Gasteiger partial charge in [0.15, 0.2) is 11.5 Å². The third-order valence-electron chi connectivity index (χ3n) is 5.10. The van der Waals surface area contributed by atoms with Crippen LogP contribution in [0.15, 0.2) is 48.5 Å². The Labute approximate surface area is 145 Å². The molecule has 0 amide bonds. The Kier molecular flexibility index (Phi) is 5.76. The molecule has 1 saturated heterocycles. The largest absolute Gasteiger partial charge is 0.493 e. The lowest BCUT2D eigenvalue weighted by atomic mass is 9.90. The SMILES string of the molecule is COc1cccc(C[NH+]2CCC(Cc3ccccc3)CC2)c1OC. The molecule has 0 aliphatic carbocycles. The van der Waals surface area contributed by atoms with Crippen LogP contribution in [0.25, 0.3) is 0 Å². The van der Waals surface area contributed by atoms with Gasteiger partial charge < -0.3 is 14.4 Å². The average Bonchev–Trinajstić information content (AvgIpc) is 2.64. The molecule has 2 aromatic rings. The summed E-state index contributed by atoms with van der Waals surface area (Å²) in [5.74, 6) is 2.54. The molecule has 0 bridgehead atoms. The summed E-state index contributed by atoms with van der Waals surface area (Å²) in [6.07, 6.45) is 3.82. The molecule has 3 nitrogen and oxygen atoms in total. The normalized spacial score (nSPS) is 20.6. The zero-order valence-corrected chi connectivity index (χ0v) is 14.8. The monoisotopic (exact) mass is 326 g/mol. The van der Waals surface area contributed by atoms with Gasteiger partial charge in [-0.1, -0.05) is 36.4 Å². The van der Waals surface area contributed by atoms with E-state index in [1.165, 1.54) is 43.5 Å². The van der Waals surface area contributed by atoms with Crippen LogP contribution in [0.5, 0.6) is 11.5 Å². The highest BCUT2D eigenvalue weighted by molar-refractivity contribution is 5.46. The molecule has 1 aliphatic rings. The Morgan fingerprint density at radius 1 is 0.917 bits per heavy atom. The van der Waals surface area contributed by atoms with Crippen LogP contribution < -0.4 is 14.4 Å². The zero-order chi connectivity index (χ0) is 16.8. The first-order valence-electron chi connectivity index (χ1n) is 8.87. The number of benzene rings is 2. The first kappa shape index (κ1) is 16.8. The summed E-state index contributed by atoms with van der Waals surface area (Å²) in [5.41, 5.74) is 2.72. The molecule has 0 atom stereocenters. The van der Waals surface area contributed by atoms with Crippen LogP contribution in [0.2, 0.25) is 0 Å². The molecule has 0 spiro atoms. The first-order valence-corrected chi connectivity index (χ1v) is 8.87. The van der Waals surface area contributed by atoms with Crippen molar-refractivity contribution in [2.24, 2.45) is 5.92 Å². The summed E-state index contributed by atoms with van der Waals surface area (Å²) in [4.78, 5) is 1.64. The summed E-state index contributed by atoms with van der Waals surface area (Å²) in [6, 6.07) is 17.1. The molecule has 0 saturated carbocycles. The number of ether oxygens (including phenoxy) is 2. The Bertz CT molecular complexity index is 634. The molecule has 24 heavy (non-hydrogen) atoms. The quantitative estimate of drug-likeness (QED) is 0.882. The van der Waals surface area contributed by atoms with Gasteiger partial charge in [0.25, 0.3) is 0 Å². The second-order valence-electron chi connectivity index (χ2n) is 6.71. The maximum atomic E-state index is 5.57. The highest BCUT2D eigenvalue weighted by Gasteiger charge is 2.24. The van der Waals surface area contributed by atoms with Gasteiger partial charge in [0.1, 0.15) is 6.54 Å². The highest BCUT2D eigenvalue weighted by Crippen LogP contribution is 2.30. The van der Waals surface area contributed by atoms with E-state index >= 15 is 0 Å². The van der Waals surface area contributed by atoms with Crippen LogP contribution in [0.3, 0.4) is 0 Å². The number of nitrogens with one attached hydrogen (secondary N) is 1. The van der Waals surface area contributed by atoms with Gasteiger partial charge in [0, 0.05) is 0 Å². The lowest BCUT2D eigenvalue weighted by molar-refractivity contribution is -0.919. The summed E-state index contributed by atoms with van der Waals surface area (Å²) >= 11 is 0. The maximum Gasteiger partial charge on any atom is 0.169 e. The topological polar surface area (TPSA) is 22.9 Å². The van der Waals surface area contributed by atoms with Crippen LogP contribution in [-0.2, 0) is 13.0 Å². The van der Waals surface area contributed by atoms with E-state index in [0.717, 1.165) is 24.0 Å². The maximum absolute atomic E-state index is 5.57. The van der Waals surface area contributed by atoms with Gasteiger partial charge in [0.05, 0.1) is 32.9 Å². The minimum atomic E-state index is 0.823. The van der Waals surface area contributed by atoms with Crippen molar-refractivity contribution in [3.8, 4) is 11.5 Å². The van der Waals surface area contributed by atoms with E-state index in [2.05, 4.69) is 42.5 Å². The van der Waals surface area contributed by atoms with E-state index in [1.807, 2.05) is 6.07 Å². The van der Waals surface area contributed by atoms with Crippen molar-refractivity contribution in [2.75, 3.05) is 27.3 Å². The van der Waals surface area contributed by atoms with E-state index in [-0.39, 0.29) is 0 Å². The molecular formula is C21H28NO2+. The fraction of sp³-hybridized carbons (Fsp3) is 0.429. The Balaban J connectivity index is 1.56. The minimum Gasteiger partial charge on any atom is -0.493 e. The van der Waals surface area contributed by atoms with Crippen molar-refractivity contribution >= 4 is 0 Å². The van der Waals surface area contributed by atoms with Gasteiger partial charge in [0.2, 0.25) is 0 Å². The number of quaternary nitrogens is 1. The van der Waals surface area contributed by atoms with Gasteiger partial charge in [-0.2, -0.15) is 0 Å². The summed E-state index contributed by atoms with van der Waals surface area (Å²) in [7, 11) is 3.42. The Morgan fingerprint density at radius 3 is 2.33 bits per heavy atom. The zero-order valence-electron chi connectivity index (χ0n) is 14.8. The highest BCUT2D eigenvalue weighted by atomic mass is 16.5. The van der Waals surface area contributed by atoms with Crippen LogP contribution in [-0.4, -0.2) is 27.3 Å². The van der Waals surface area contributed by atoms with E-state index in [1.54, 1.807) is 19.1 Å². The van der Waals surface area contributed by atoms with E-state index in [9.17, 15) is 0 Å². The molecule has 1 fully saturated rings. The van der Waals surface area contributed by atoms with Crippen molar-refractivity contribution in [1.29, 1.82) is 0 Å². The fourth-order valence-electron chi connectivity index (χ4n) is 3.78. The molecule has 1 heterocycles. The second kappa shape index (κ2) is 8.20. The Morgan fingerprint density at radius 2 is 1.67 bits per heavy atom. The van der Waals surface area contributed by atoms with Gasteiger partial charge in [-0.3, -0.25) is 0 Å². The van der Waals surface area contributed by atoms with Gasteiger partial charge in [-0.05, 0) is 42.9 Å². The molecule has 0 radical (unpaired) electrons. The van der Waals surface area contributed by atoms with E-state index in [0.29, 0.717) is 0 Å². The lowest BCUT2D eigenvalue weighted by Gasteiger charge is -2.30. The summed E-state index contributed by atoms with van der Waals surface area (Å²) in [5, 5.41) is 0. The van der Waals surface area contributed by atoms with E-state index in [4.69, 9.17) is 9.47 Å². The molecule has 1 aliphatic heterocycles. The predicted octanol–water partition coefficient (Wildman–Crippen LogP) is 2.74. The number of para-hydroxylation sites is 1. The molecule has 0 unspecified atom stereocenters. The standard InChI is InChI=1S/C21H27NO2/c1-23-20-10-6-9-19(21(20)24-2)16-22-13-11-18(12-14-22)15-17-7-4-3-5-8-17/h3-10,18H,11-16H2,1-2H3/p+1. The number of hydrogen-bond acceptors (Lipinski definition) is 2. The lowest BCUT2D eigenvalue weighted by Crippen LogP contribution is -3.11. The van der Waals surface area contributed by atoms with Crippen LogP contribution in [0, 0.1) is 5.92 Å². The van der Waals surface area contributed by atoms with Crippen LogP contribution in [0.1, 0.15) is 24.0 Å².